The Morgan fingerprint density at radius 3 is 2.37 bits per heavy atom. The molecule has 0 spiro atoms. The van der Waals surface area contributed by atoms with Crippen molar-refractivity contribution in [1.82, 2.24) is 29.7 Å². The second-order valence-corrected chi connectivity index (χ2v) is 9.16. The lowest BCUT2D eigenvalue weighted by atomic mass is 10.1. The molecule has 2 saturated heterocycles. The van der Waals surface area contributed by atoms with Crippen LogP contribution in [0.2, 0.25) is 0 Å². The van der Waals surface area contributed by atoms with Crippen LogP contribution in [0.1, 0.15) is 23.5 Å². The average molecular weight is 520 g/mol. The van der Waals surface area contributed by atoms with Crippen molar-refractivity contribution < 1.29 is 31.1 Å². The number of fused-ring (bicyclic) bond motifs is 1. The van der Waals surface area contributed by atoms with Gasteiger partial charge in [0.05, 0.1) is 6.20 Å². The Balaban J connectivity index is 1.28. The molecule has 188 valence electrons. The third-order valence-corrected chi connectivity index (χ3v) is 7.07. The number of aromatic nitrogens is 5. The highest BCUT2D eigenvalue weighted by Crippen LogP contribution is 2.36. The van der Waals surface area contributed by atoms with Gasteiger partial charge in [0.2, 0.25) is 5.91 Å². The van der Waals surface area contributed by atoms with Gasteiger partial charge in [-0.05, 0) is 25.0 Å². The van der Waals surface area contributed by atoms with Gasteiger partial charge >= 0.3 is 12.4 Å². The number of thiazole rings is 1. The van der Waals surface area contributed by atoms with Crippen LogP contribution in [0.4, 0.5) is 37.3 Å². The SMILES string of the molecule is O=C([C@@H]1CCCN1c1ccc2nnc(C(F)(F)F)n2n1)N1CCN(c2ncc(C(F)(F)F)s2)CC1. The number of amides is 1. The Labute approximate surface area is 197 Å². The van der Waals surface area contributed by atoms with Gasteiger partial charge in [-0.1, -0.05) is 11.3 Å². The fourth-order valence-corrected chi connectivity index (χ4v) is 5.11. The van der Waals surface area contributed by atoms with Crippen molar-refractivity contribution in [2.24, 2.45) is 0 Å². The number of carbonyl (C=O) groups excluding carboxylic acids is 1. The number of anilines is 2. The van der Waals surface area contributed by atoms with E-state index < -0.39 is 29.1 Å². The summed E-state index contributed by atoms with van der Waals surface area (Å²) in [6, 6.07) is 2.27. The van der Waals surface area contributed by atoms with E-state index >= 15 is 0 Å². The van der Waals surface area contributed by atoms with E-state index in [2.05, 4.69) is 20.3 Å². The zero-order valence-electron chi connectivity index (χ0n) is 17.9. The number of rotatable bonds is 3. The van der Waals surface area contributed by atoms with Gasteiger partial charge in [-0.25, -0.2) is 4.98 Å². The van der Waals surface area contributed by atoms with Crippen molar-refractivity contribution in [2.45, 2.75) is 31.2 Å². The van der Waals surface area contributed by atoms with Crippen LogP contribution in [0, 0.1) is 0 Å². The van der Waals surface area contributed by atoms with Crippen molar-refractivity contribution in [3.05, 3.63) is 29.0 Å². The van der Waals surface area contributed by atoms with Gasteiger partial charge < -0.3 is 14.7 Å². The number of hydrogen-bond acceptors (Lipinski definition) is 8. The van der Waals surface area contributed by atoms with Crippen LogP contribution in [0.25, 0.3) is 5.65 Å². The molecule has 5 rings (SSSR count). The molecule has 2 aliphatic heterocycles. The minimum absolute atomic E-state index is 0.0601. The summed E-state index contributed by atoms with van der Waals surface area (Å²) >= 11 is 0.561. The average Bonchev–Trinajstić information content (AvgIpc) is 3.56. The normalized spacial score (nSPS) is 19.7. The lowest BCUT2D eigenvalue weighted by molar-refractivity contribution is -0.146. The molecule has 35 heavy (non-hydrogen) atoms. The summed E-state index contributed by atoms with van der Waals surface area (Å²) < 4.78 is 78.9. The van der Waals surface area contributed by atoms with E-state index in [9.17, 15) is 31.1 Å². The molecule has 0 saturated carbocycles. The van der Waals surface area contributed by atoms with Gasteiger partial charge in [-0.3, -0.25) is 4.79 Å². The smallest absolute Gasteiger partial charge is 0.345 e. The summed E-state index contributed by atoms with van der Waals surface area (Å²) in [5.41, 5.74) is -0.0601. The maximum atomic E-state index is 13.3. The molecule has 1 atom stereocenters. The number of nitrogens with zero attached hydrogens (tertiary/aromatic N) is 8. The summed E-state index contributed by atoms with van der Waals surface area (Å²) in [4.78, 5) is 21.3. The van der Waals surface area contributed by atoms with Gasteiger partial charge in [0.1, 0.15) is 16.7 Å². The van der Waals surface area contributed by atoms with Crippen molar-refractivity contribution in [2.75, 3.05) is 42.5 Å². The van der Waals surface area contributed by atoms with Crippen LogP contribution in [0.15, 0.2) is 18.3 Å². The van der Waals surface area contributed by atoms with E-state index in [1.54, 1.807) is 14.7 Å². The fraction of sp³-hybridized carbons (Fsp3) is 0.526. The number of halogens is 6. The first-order valence-electron chi connectivity index (χ1n) is 10.7. The Kier molecular flexibility index (Phi) is 5.72. The lowest BCUT2D eigenvalue weighted by Crippen LogP contribution is -2.54. The van der Waals surface area contributed by atoms with Gasteiger partial charge in [-0.2, -0.15) is 30.9 Å². The van der Waals surface area contributed by atoms with Crippen molar-refractivity contribution >= 4 is 33.8 Å². The van der Waals surface area contributed by atoms with Crippen LogP contribution in [0.5, 0.6) is 0 Å². The Morgan fingerprint density at radius 1 is 0.971 bits per heavy atom. The van der Waals surface area contributed by atoms with Gasteiger partial charge in [0, 0.05) is 32.7 Å². The van der Waals surface area contributed by atoms with Crippen LogP contribution >= 0.6 is 11.3 Å². The van der Waals surface area contributed by atoms with Gasteiger partial charge in [0.15, 0.2) is 10.8 Å². The van der Waals surface area contributed by atoms with Crippen LogP contribution in [-0.2, 0) is 17.1 Å². The lowest BCUT2D eigenvalue weighted by Gasteiger charge is -2.37. The topological polar surface area (TPSA) is 82.8 Å². The molecule has 9 nitrogen and oxygen atoms in total. The zero-order valence-corrected chi connectivity index (χ0v) is 18.7. The van der Waals surface area contributed by atoms with E-state index in [1.807, 2.05) is 0 Å². The number of carbonyl (C=O) groups is 1. The molecule has 0 radical (unpaired) electrons. The maximum Gasteiger partial charge on any atom is 0.453 e. The monoisotopic (exact) mass is 520 g/mol. The third-order valence-electron chi connectivity index (χ3n) is 5.97. The highest BCUT2D eigenvalue weighted by Gasteiger charge is 2.40. The first-order valence-corrected chi connectivity index (χ1v) is 11.5. The molecular weight excluding hydrogens is 502 g/mol. The molecule has 1 amide bonds. The predicted octanol–water partition coefficient (Wildman–Crippen LogP) is 2.94. The Morgan fingerprint density at radius 2 is 1.71 bits per heavy atom. The number of alkyl halides is 6. The quantitative estimate of drug-likeness (QED) is 0.492. The highest BCUT2D eigenvalue weighted by atomic mass is 32.1. The second kappa shape index (κ2) is 8.49. The summed E-state index contributed by atoms with van der Waals surface area (Å²) in [7, 11) is 0. The van der Waals surface area contributed by atoms with Gasteiger partial charge in [0.25, 0.3) is 5.82 Å². The highest BCUT2D eigenvalue weighted by molar-refractivity contribution is 7.15. The van der Waals surface area contributed by atoms with E-state index in [1.165, 1.54) is 12.1 Å². The van der Waals surface area contributed by atoms with Crippen LogP contribution in [0.3, 0.4) is 0 Å². The summed E-state index contributed by atoms with van der Waals surface area (Å²) in [5.74, 6) is -1.23. The van der Waals surface area contributed by atoms with E-state index in [0.29, 0.717) is 61.4 Å². The Hall–Kier alpha value is -3.17. The van der Waals surface area contributed by atoms with Crippen molar-refractivity contribution in [3.8, 4) is 0 Å². The molecule has 16 heteroatoms. The van der Waals surface area contributed by atoms with Crippen molar-refractivity contribution in [1.29, 1.82) is 0 Å². The first-order chi connectivity index (χ1) is 16.5. The molecule has 2 aliphatic rings. The molecule has 3 aromatic rings. The molecule has 3 aromatic heterocycles. The molecule has 0 N–H and O–H groups in total. The summed E-state index contributed by atoms with van der Waals surface area (Å²) in [6.07, 6.45) is -7.22. The molecular formula is C19H18F6N8OS. The molecule has 0 bridgehead atoms. The molecule has 0 unspecified atom stereocenters. The molecule has 0 aromatic carbocycles. The molecule has 5 heterocycles. The second-order valence-electron chi connectivity index (χ2n) is 8.15. The maximum absolute atomic E-state index is 13.3. The Bertz CT molecular complexity index is 1230. The van der Waals surface area contributed by atoms with Crippen LogP contribution < -0.4 is 9.80 Å². The van der Waals surface area contributed by atoms with E-state index in [-0.39, 0.29) is 22.5 Å². The van der Waals surface area contributed by atoms with Crippen molar-refractivity contribution in [3.63, 3.8) is 0 Å². The third kappa shape index (κ3) is 4.46. The standard InChI is InChI=1S/C19H18F6N8OS/c20-18(21,22)12-10-26-17(35-12)31-8-6-30(7-9-31)15(34)11-2-1-5-32(11)14-4-3-13-27-28-16(19(23,24)25)33(13)29-14/h3-4,10-11H,1-2,5-9H2/t11-/m0/s1. The first kappa shape index (κ1) is 23.6. The molecule has 0 aliphatic carbocycles. The number of piperazine rings is 1. The van der Waals surface area contributed by atoms with Crippen LogP contribution in [-0.4, -0.2) is 74.4 Å². The van der Waals surface area contributed by atoms with E-state index in [0.717, 1.165) is 6.20 Å². The zero-order chi connectivity index (χ0) is 25.0. The van der Waals surface area contributed by atoms with E-state index in [4.69, 9.17) is 0 Å². The number of hydrogen-bond donors (Lipinski definition) is 0. The predicted molar refractivity (Wildman–Crippen MR) is 112 cm³/mol. The minimum atomic E-state index is -4.73. The largest absolute Gasteiger partial charge is 0.453 e. The fourth-order valence-electron chi connectivity index (χ4n) is 4.28. The summed E-state index contributed by atoms with van der Waals surface area (Å²) in [6.45, 7) is 1.67. The summed E-state index contributed by atoms with van der Waals surface area (Å²) in [5, 5.41) is 11.0. The minimum Gasteiger partial charge on any atom is -0.345 e. The van der Waals surface area contributed by atoms with Gasteiger partial charge in [-0.15, -0.1) is 15.3 Å². The molecule has 2 fully saturated rings.